The highest BCUT2D eigenvalue weighted by Gasteiger charge is 2.29. The van der Waals surface area contributed by atoms with Crippen molar-refractivity contribution < 1.29 is 9.69 Å². The van der Waals surface area contributed by atoms with E-state index in [9.17, 15) is 4.79 Å². The fourth-order valence-electron chi connectivity index (χ4n) is 4.47. The van der Waals surface area contributed by atoms with Crippen LogP contribution in [-0.4, -0.2) is 36.6 Å². The van der Waals surface area contributed by atoms with Crippen LogP contribution in [0.1, 0.15) is 47.8 Å². The maximum Gasteiger partial charge on any atom is 0.252 e. The smallest absolute Gasteiger partial charge is 0.252 e. The zero-order valence-electron chi connectivity index (χ0n) is 14.4. The predicted molar refractivity (Wildman–Crippen MR) is 95.5 cm³/mol. The number of quaternary nitrogens is 1. The van der Waals surface area contributed by atoms with E-state index in [4.69, 9.17) is 4.98 Å². The Morgan fingerprint density at radius 3 is 3.04 bits per heavy atom. The van der Waals surface area contributed by atoms with E-state index in [0.29, 0.717) is 6.04 Å². The second-order valence-electron chi connectivity index (χ2n) is 7.09. The van der Waals surface area contributed by atoms with E-state index in [2.05, 4.69) is 12.2 Å². The lowest BCUT2D eigenvalue weighted by Gasteiger charge is -2.20. The van der Waals surface area contributed by atoms with Gasteiger partial charge in [-0.15, -0.1) is 0 Å². The van der Waals surface area contributed by atoms with Crippen LogP contribution >= 0.6 is 0 Å². The Morgan fingerprint density at radius 1 is 1.29 bits per heavy atom. The van der Waals surface area contributed by atoms with Crippen LogP contribution in [0.5, 0.6) is 0 Å². The standard InChI is InChI=1S/C20H25N3O/c1-2-23-12-6-7-14(23)13-21-20(24)19-15-8-3-4-10-17(15)22-18-11-5-9-16(18)19/h3-4,8,10,14H,2,5-7,9,11-13H2,1H3,(H,21,24)/p+1/t14-/m0/s1. The molecule has 1 aliphatic heterocycles. The average molecular weight is 324 g/mol. The van der Waals surface area contributed by atoms with E-state index in [1.54, 1.807) is 4.90 Å². The number of aryl methyl sites for hydroxylation is 1. The molecule has 4 nitrogen and oxygen atoms in total. The second kappa shape index (κ2) is 6.52. The first kappa shape index (κ1) is 15.6. The maximum atomic E-state index is 13.0. The van der Waals surface area contributed by atoms with Crippen molar-refractivity contribution in [2.45, 2.75) is 45.1 Å². The summed E-state index contributed by atoms with van der Waals surface area (Å²) < 4.78 is 0. The zero-order valence-corrected chi connectivity index (χ0v) is 14.4. The lowest BCUT2D eigenvalue weighted by molar-refractivity contribution is -0.909. The summed E-state index contributed by atoms with van der Waals surface area (Å²) >= 11 is 0. The number of aromatic nitrogens is 1. The third-order valence-corrected chi connectivity index (χ3v) is 5.74. The van der Waals surface area contributed by atoms with Gasteiger partial charge < -0.3 is 10.2 Å². The molecule has 1 aromatic carbocycles. The molecule has 2 N–H and O–H groups in total. The van der Waals surface area contributed by atoms with Crippen molar-refractivity contribution in [3.8, 4) is 0 Å². The lowest BCUT2D eigenvalue weighted by Crippen LogP contribution is -3.14. The number of benzene rings is 1. The van der Waals surface area contributed by atoms with Gasteiger partial charge in [0.15, 0.2) is 0 Å². The van der Waals surface area contributed by atoms with E-state index in [1.807, 2.05) is 24.3 Å². The van der Waals surface area contributed by atoms with E-state index in [-0.39, 0.29) is 5.91 Å². The third-order valence-electron chi connectivity index (χ3n) is 5.74. The Morgan fingerprint density at radius 2 is 2.17 bits per heavy atom. The molecule has 4 heteroatoms. The molecule has 126 valence electrons. The van der Waals surface area contributed by atoms with E-state index in [0.717, 1.165) is 54.5 Å². The summed E-state index contributed by atoms with van der Waals surface area (Å²) in [4.78, 5) is 19.4. The number of likely N-dealkylation sites (tertiary alicyclic amines) is 1. The Balaban J connectivity index is 1.62. The molecule has 24 heavy (non-hydrogen) atoms. The van der Waals surface area contributed by atoms with Crippen LogP contribution in [0.25, 0.3) is 10.9 Å². The Hall–Kier alpha value is -1.94. The Labute approximate surface area is 143 Å². The SMILES string of the molecule is CC[NH+]1CCC[C@H]1CNC(=O)c1c2c(nc3ccccc13)CCC2. The monoisotopic (exact) mass is 324 g/mol. The quantitative estimate of drug-likeness (QED) is 0.896. The number of likely N-dealkylation sites (N-methyl/N-ethyl adjacent to an activating group) is 1. The van der Waals surface area contributed by atoms with Gasteiger partial charge in [0.1, 0.15) is 6.04 Å². The van der Waals surface area contributed by atoms with Gasteiger partial charge in [0, 0.05) is 23.9 Å². The van der Waals surface area contributed by atoms with E-state index in [1.165, 1.54) is 24.9 Å². The molecule has 1 aliphatic carbocycles. The molecule has 0 radical (unpaired) electrons. The molecule has 4 rings (SSSR count). The minimum absolute atomic E-state index is 0.0918. The summed E-state index contributed by atoms with van der Waals surface area (Å²) in [6, 6.07) is 8.63. The second-order valence-corrected chi connectivity index (χ2v) is 7.09. The number of pyridine rings is 1. The number of carbonyl (C=O) groups is 1. The lowest BCUT2D eigenvalue weighted by atomic mass is 10.0. The number of hydrogen-bond donors (Lipinski definition) is 2. The van der Waals surface area contributed by atoms with Crippen molar-refractivity contribution in [1.82, 2.24) is 10.3 Å². The summed E-state index contributed by atoms with van der Waals surface area (Å²) in [7, 11) is 0. The number of para-hydroxylation sites is 1. The van der Waals surface area contributed by atoms with E-state index >= 15 is 0 Å². The van der Waals surface area contributed by atoms with Gasteiger partial charge in [-0.1, -0.05) is 18.2 Å². The van der Waals surface area contributed by atoms with Gasteiger partial charge in [0.2, 0.25) is 0 Å². The number of nitrogens with zero attached hydrogens (tertiary/aromatic N) is 1. The first-order valence-electron chi connectivity index (χ1n) is 9.31. The molecule has 2 aliphatic rings. The van der Waals surface area contributed by atoms with Gasteiger partial charge in [-0.2, -0.15) is 0 Å². The summed E-state index contributed by atoms with van der Waals surface area (Å²) in [6.45, 7) is 5.41. The molecule has 1 saturated heterocycles. The molecule has 2 heterocycles. The van der Waals surface area contributed by atoms with Gasteiger partial charge in [-0.05, 0) is 37.8 Å². The number of hydrogen-bond acceptors (Lipinski definition) is 2. The van der Waals surface area contributed by atoms with Crippen molar-refractivity contribution in [3.63, 3.8) is 0 Å². The highest BCUT2D eigenvalue weighted by molar-refractivity contribution is 6.07. The van der Waals surface area contributed by atoms with Crippen molar-refractivity contribution in [2.75, 3.05) is 19.6 Å². The molecule has 1 unspecified atom stereocenters. The number of amides is 1. The first-order chi connectivity index (χ1) is 11.8. The average Bonchev–Trinajstić information content (AvgIpc) is 3.25. The van der Waals surface area contributed by atoms with Crippen molar-refractivity contribution in [1.29, 1.82) is 0 Å². The largest absolute Gasteiger partial charge is 0.346 e. The number of fused-ring (bicyclic) bond motifs is 2. The van der Waals surface area contributed by atoms with Crippen LogP contribution in [0.3, 0.4) is 0 Å². The van der Waals surface area contributed by atoms with Crippen LogP contribution in [-0.2, 0) is 12.8 Å². The van der Waals surface area contributed by atoms with E-state index < -0.39 is 0 Å². The van der Waals surface area contributed by atoms with Gasteiger partial charge in [0.05, 0.1) is 30.7 Å². The molecule has 0 bridgehead atoms. The number of rotatable bonds is 4. The van der Waals surface area contributed by atoms with Gasteiger partial charge in [-0.3, -0.25) is 9.78 Å². The molecule has 1 aromatic heterocycles. The van der Waals surface area contributed by atoms with Gasteiger partial charge in [0.25, 0.3) is 5.91 Å². The number of nitrogens with one attached hydrogen (secondary N) is 2. The van der Waals surface area contributed by atoms with Crippen LogP contribution in [0, 0.1) is 0 Å². The van der Waals surface area contributed by atoms with Crippen molar-refractivity contribution >= 4 is 16.8 Å². The highest BCUT2D eigenvalue weighted by atomic mass is 16.1. The Kier molecular flexibility index (Phi) is 4.23. The van der Waals surface area contributed by atoms with Crippen molar-refractivity contribution in [2.24, 2.45) is 0 Å². The highest BCUT2D eigenvalue weighted by Crippen LogP contribution is 2.29. The van der Waals surface area contributed by atoms with Crippen LogP contribution in [0.4, 0.5) is 0 Å². The van der Waals surface area contributed by atoms with Gasteiger partial charge >= 0.3 is 0 Å². The van der Waals surface area contributed by atoms with Crippen LogP contribution in [0.2, 0.25) is 0 Å². The molecular weight excluding hydrogens is 298 g/mol. The molecule has 0 saturated carbocycles. The Bertz CT molecular complexity index is 771. The van der Waals surface area contributed by atoms with Crippen LogP contribution in [0.15, 0.2) is 24.3 Å². The molecule has 1 amide bonds. The first-order valence-corrected chi connectivity index (χ1v) is 9.31. The molecule has 0 spiro atoms. The van der Waals surface area contributed by atoms with Crippen LogP contribution < -0.4 is 10.2 Å². The zero-order chi connectivity index (χ0) is 16.5. The molecule has 2 aromatic rings. The third kappa shape index (κ3) is 2.69. The summed E-state index contributed by atoms with van der Waals surface area (Å²) in [5.74, 6) is 0.0918. The molecule has 1 fully saturated rings. The fourth-order valence-corrected chi connectivity index (χ4v) is 4.47. The number of carbonyl (C=O) groups excluding carboxylic acids is 1. The maximum absolute atomic E-state index is 13.0. The summed E-state index contributed by atoms with van der Waals surface area (Å²) in [5.41, 5.74) is 4.13. The summed E-state index contributed by atoms with van der Waals surface area (Å²) in [6.07, 6.45) is 5.58. The van der Waals surface area contributed by atoms with Gasteiger partial charge in [-0.25, -0.2) is 0 Å². The normalized spacial score (nSPS) is 22.7. The molecular formula is C20H26N3O+. The molecule has 2 atom stereocenters. The van der Waals surface area contributed by atoms with Crippen molar-refractivity contribution in [3.05, 3.63) is 41.1 Å². The topological polar surface area (TPSA) is 46.4 Å². The predicted octanol–water partition coefficient (Wildman–Crippen LogP) is 1.52. The minimum atomic E-state index is 0.0918. The summed E-state index contributed by atoms with van der Waals surface area (Å²) in [5, 5.41) is 4.24. The minimum Gasteiger partial charge on any atom is -0.346 e. The fraction of sp³-hybridized carbons (Fsp3) is 0.500.